The second kappa shape index (κ2) is 9.09. The maximum absolute atomic E-state index is 12.4. The van der Waals surface area contributed by atoms with Gasteiger partial charge in [-0.3, -0.25) is 4.79 Å². The van der Waals surface area contributed by atoms with Crippen LogP contribution in [0.2, 0.25) is 0 Å². The van der Waals surface area contributed by atoms with Gasteiger partial charge in [-0.05, 0) is 42.4 Å². The Morgan fingerprint density at radius 3 is 2.41 bits per heavy atom. The smallest absolute Gasteiger partial charge is 0.348 e. The highest BCUT2D eigenvalue weighted by molar-refractivity contribution is 7.18. The molecule has 0 spiro atoms. The van der Waals surface area contributed by atoms with Crippen molar-refractivity contribution >= 4 is 34.2 Å². The van der Waals surface area contributed by atoms with E-state index in [-0.39, 0.29) is 34.0 Å². The summed E-state index contributed by atoms with van der Waals surface area (Å²) in [6, 6.07) is 6.06. The highest BCUT2D eigenvalue weighted by atomic mass is 32.1. The van der Waals surface area contributed by atoms with Crippen molar-refractivity contribution < 1.29 is 28.6 Å². The monoisotopic (exact) mass is 417 g/mol. The van der Waals surface area contributed by atoms with Gasteiger partial charge in [0.2, 0.25) is 0 Å². The fraction of sp³-hybridized carbons (Fsp3) is 0.381. The van der Waals surface area contributed by atoms with Crippen LogP contribution in [-0.2, 0) is 44.9 Å². The van der Waals surface area contributed by atoms with Crippen molar-refractivity contribution in [1.82, 2.24) is 0 Å². The molecule has 154 valence electrons. The maximum atomic E-state index is 12.4. The molecule has 0 fully saturated rings. The zero-order chi connectivity index (χ0) is 21.0. The average molecular weight is 417 g/mol. The van der Waals surface area contributed by atoms with E-state index in [1.165, 1.54) is 31.8 Å². The molecule has 1 aromatic carbocycles. The molecule has 7 nitrogen and oxygen atoms in total. The Morgan fingerprint density at radius 1 is 1.03 bits per heavy atom. The van der Waals surface area contributed by atoms with E-state index in [1.807, 2.05) is 6.07 Å². The van der Waals surface area contributed by atoms with Crippen LogP contribution in [0, 0.1) is 0 Å². The normalized spacial score (nSPS) is 12.8. The van der Waals surface area contributed by atoms with Gasteiger partial charge in [-0.2, -0.15) is 0 Å². The lowest BCUT2D eigenvalue weighted by atomic mass is 9.90. The van der Waals surface area contributed by atoms with Crippen LogP contribution in [0.15, 0.2) is 18.2 Å². The largest absolute Gasteiger partial charge is 0.465 e. The average Bonchev–Trinajstić information content (AvgIpc) is 3.07. The van der Waals surface area contributed by atoms with Gasteiger partial charge in [0.1, 0.15) is 22.0 Å². The van der Waals surface area contributed by atoms with E-state index >= 15 is 0 Å². The third-order valence-corrected chi connectivity index (χ3v) is 5.97. The van der Waals surface area contributed by atoms with E-state index in [4.69, 9.17) is 19.9 Å². The zero-order valence-corrected chi connectivity index (χ0v) is 17.2. The molecule has 1 heterocycles. The third-order valence-electron chi connectivity index (χ3n) is 4.93. The Balaban J connectivity index is 1.74. The molecule has 0 atom stereocenters. The Bertz CT molecular complexity index is 949. The molecule has 2 aromatic rings. The second-order valence-corrected chi connectivity index (χ2v) is 7.83. The molecule has 3 rings (SSSR count). The first-order chi connectivity index (χ1) is 13.9. The van der Waals surface area contributed by atoms with E-state index in [0.717, 1.165) is 36.2 Å². The lowest BCUT2D eigenvalue weighted by Crippen LogP contribution is -2.14. The summed E-state index contributed by atoms with van der Waals surface area (Å²) < 4.78 is 14.8. The summed E-state index contributed by atoms with van der Waals surface area (Å²) in [6.07, 6.45) is 4.56. The first-order valence-electron chi connectivity index (χ1n) is 9.28. The number of fused-ring (bicyclic) bond motifs is 1. The number of thiophene rings is 1. The number of methoxy groups -OCH3 is 2. The Labute approximate surface area is 172 Å². The van der Waals surface area contributed by atoms with Gasteiger partial charge < -0.3 is 19.9 Å². The molecule has 2 N–H and O–H groups in total. The number of benzene rings is 1. The Hall–Kier alpha value is -2.87. The predicted octanol–water partition coefficient (Wildman–Crippen LogP) is 3.07. The highest BCUT2D eigenvalue weighted by Crippen LogP contribution is 2.33. The minimum absolute atomic E-state index is 0.0273. The van der Waals surface area contributed by atoms with Crippen LogP contribution in [0.3, 0.4) is 0 Å². The molecule has 1 aromatic heterocycles. The minimum atomic E-state index is -0.699. The standard InChI is InChI=1S/C21H23NO6S/c1-26-20(24)17-15(18(21(25)27-2)29-19(17)22)11-28-16(23)10-12-7-8-13-5-3-4-6-14(13)9-12/h7-9H,3-6,10-11,22H2,1-2H3. The molecule has 0 saturated heterocycles. The zero-order valence-electron chi connectivity index (χ0n) is 16.4. The van der Waals surface area contributed by atoms with E-state index < -0.39 is 17.9 Å². The third kappa shape index (κ3) is 4.59. The number of carbonyl (C=O) groups is 3. The van der Waals surface area contributed by atoms with Crippen molar-refractivity contribution in [2.75, 3.05) is 20.0 Å². The lowest BCUT2D eigenvalue weighted by Gasteiger charge is -2.16. The van der Waals surface area contributed by atoms with Crippen LogP contribution in [0.25, 0.3) is 0 Å². The quantitative estimate of drug-likeness (QED) is 0.569. The molecule has 0 amide bonds. The van der Waals surface area contributed by atoms with Crippen molar-refractivity contribution in [1.29, 1.82) is 0 Å². The van der Waals surface area contributed by atoms with Gasteiger partial charge in [-0.15, -0.1) is 11.3 Å². The number of nitrogen functional groups attached to an aromatic ring is 1. The lowest BCUT2D eigenvalue weighted by molar-refractivity contribution is -0.144. The summed E-state index contributed by atoms with van der Waals surface area (Å²) in [5, 5.41) is 0.109. The van der Waals surface area contributed by atoms with Crippen LogP contribution in [0.4, 0.5) is 5.00 Å². The van der Waals surface area contributed by atoms with Crippen molar-refractivity contribution in [3.05, 3.63) is 50.9 Å². The fourth-order valence-corrected chi connectivity index (χ4v) is 4.45. The highest BCUT2D eigenvalue weighted by Gasteiger charge is 2.28. The molecule has 29 heavy (non-hydrogen) atoms. The minimum Gasteiger partial charge on any atom is -0.465 e. The van der Waals surface area contributed by atoms with E-state index in [0.29, 0.717) is 0 Å². The Morgan fingerprint density at radius 2 is 1.72 bits per heavy atom. The second-order valence-electron chi connectivity index (χ2n) is 6.78. The molecule has 8 heteroatoms. The first kappa shape index (κ1) is 20.9. The van der Waals surface area contributed by atoms with Crippen molar-refractivity contribution in [3.63, 3.8) is 0 Å². The van der Waals surface area contributed by atoms with Crippen LogP contribution in [0.5, 0.6) is 0 Å². The van der Waals surface area contributed by atoms with E-state index in [1.54, 1.807) is 0 Å². The molecule has 1 aliphatic rings. The summed E-state index contributed by atoms with van der Waals surface area (Å²) in [4.78, 5) is 36.6. The van der Waals surface area contributed by atoms with Gasteiger partial charge in [0.05, 0.1) is 20.6 Å². The van der Waals surface area contributed by atoms with E-state index in [9.17, 15) is 14.4 Å². The maximum Gasteiger partial charge on any atom is 0.348 e. The number of nitrogens with two attached hydrogens (primary N) is 1. The van der Waals surface area contributed by atoms with Gasteiger partial charge in [0.25, 0.3) is 0 Å². The van der Waals surface area contributed by atoms with Gasteiger partial charge in [0, 0.05) is 5.56 Å². The van der Waals surface area contributed by atoms with E-state index in [2.05, 4.69) is 12.1 Å². The number of hydrogen-bond donors (Lipinski definition) is 1. The molecule has 0 aliphatic heterocycles. The molecule has 0 unspecified atom stereocenters. The number of rotatable bonds is 6. The topological polar surface area (TPSA) is 105 Å². The number of hydrogen-bond acceptors (Lipinski definition) is 8. The molecular formula is C21H23NO6S. The van der Waals surface area contributed by atoms with Crippen molar-refractivity contribution in [2.24, 2.45) is 0 Å². The van der Waals surface area contributed by atoms with Gasteiger partial charge >= 0.3 is 17.9 Å². The van der Waals surface area contributed by atoms with Crippen LogP contribution in [0.1, 0.15) is 55.1 Å². The number of esters is 3. The van der Waals surface area contributed by atoms with Crippen LogP contribution in [-0.4, -0.2) is 32.1 Å². The Kier molecular flexibility index (Phi) is 6.53. The molecule has 0 radical (unpaired) electrons. The van der Waals surface area contributed by atoms with Gasteiger partial charge in [-0.1, -0.05) is 18.2 Å². The predicted molar refractivity (Wildman–Crippen MR) is 108 cm³/mol. The summed E-state index contributed by atoms with van der Waals surface area (Å²) in [7, 11) is 2.44. The number of ether oxygens (including phenoxy) is 3. The van der Waals surface area contributed by atoms with Gasteiger partial charge in [-0.25, -0.2) is 9.59 Å². The summed E-state index contributed by atoms with van der Waals surface area (Å²) in [5.41, 5.74) is 9.60. The van der Waals surface area contributed by atoms with Crippen molar-refractivity contribution in [2.45, 2.75) is 38.7 Å². The van der Waals surface area contributed by atoms with Gasteiger partial charge in [0.15, 0.2) is 0 Å². The molecule has 1 aliphatic carbocycles. The van der Waals surface area contributed by atoms with Crippen LogP contribution >= 0.6 is 11.3 Å². The first-order valence-corrected chi connectivity index (χ1v) is 10.1. The molecule has 0 bridgehead atoms. The number of aryl methyl sites for hydroxylation is 2. The summed E-state index contributed by atoms with van der Waals surface area (Å²) >= 11 is 0.900. The number of carbonyl (C=O) groups excluding carboxylic acids is 3. The number of anilines is 1. The molecular weight excluding hydrogens is 394 g/mol. The van der Waals surface area contributed by atoms with Crippen molar-refractivity contribution in [3.8, 4) is 0 Å². The summed E-state index contributed by atoms with van der Waals surface area (Å²) in [5.74, 6) is -1.82. The van der Waals surface area contributed by atoms with Crippen LogP contribution < -0.4 is 5.73 Å². The SMILES string of the molecule is COC(=O)c1sc(N)c(C(=O)OC)c1COC(=O)Cc1ccc2c(c1)CCCC2. The fourth-order valence-electron chi connectivity index (χ4n) is 3.47. The molecule has 0 saturated carbocycles. The summed E-state index contributed by atoms with van der Waals surface area (Å²) in [6.45, 7) is -0.271.